The number of nitrogens with one attached hydrogen (secondary N) is 1. The highest BCUT2D eigenvalue weighted by atomic mass is 32.1. The zero-order valence-electron chi connectivity index (χ0n) is 17.7. The molecule has 20 heteroatoms. The highest BCUT2D eigenvalue weighted by molar-refractivity contribution is 7.16. The quantitative estimate of drug-likeness (QED) is 0.304. The minimum absolute atomic E-state index is 0.119. The molecule has 0 unspecified atom stereocenters. The van der Waals surface area contributed by atoms with Gasteiger partial charge in [-0.2, -0.15) is 66.7 Å². The molecule has 3 nitrogen and oxygen atoms in total. The van der Waals surface area contributed by atoms with E-state index in [4.69, 9.17) is 5.26 Å². The van der Waals surface area contributed by atoms with E-state index in [0.29, 0.717) is 24.2 Å². The number of rotatable bonds is 9. The van der Waals surface area contributed by atoms with Crippen LogP contribution in [-0.2, 0) is 17.6 Å². The summed E-state index contributed by atoms with van der Waals surface area (Å²) in [6.45, 7) is 0. The van der Waals surface area contributed by atoms with E-state index < -0.39 is 64.4 Å². The van der Waals surface area contributed by atoms with Crippen LogP contribution in [-0.4, -0.2) is 53.8 Å². The van der Waals surface area contributed by atoms with Gasteiger partial charge in [-0.3, -0.25) is 4.79 Å². The first-order valence-corrected chi connectivity index (χ1v) is 10.5. The van der Waals surface area contributed by atoms with Gasteiger partial charge < -0.3 is 5.32 Å². The summed E-state index contributed by atoms with van der Waals surface area (Å²) in [7, 11) is 0. The monoisotopic (exact) mass is 606 g/mol. The first-order chi connectivity index (χ1) is 16.9. The van der Waals surface area contributed by atoms with Crippen molar-refractivity contribution in [3.63, 3.8) is 0 Å². The van der Waals surface area contributed by atoms with Gasteiger partial charge in [-0.1, -0.05) is 0 Å². The van der Waals surface area contributed by atoms with Gasteiger partial charge in [0.2, 0.25) is 0 Å². The van der Waals surface area contributed by atoms with Gasteiger partial charge in [-0.25, -0.2) is 8.78 Å². The summed E-state index contributed by atoms with van der Waals surface area (Å²) in [6, 6.07) is 1.39. The third kappa shape index (κ3) is 4.15. The average molecular weight is 606 g/mol. The van der Waals surface area contributed by atoms with Crippen molar-refractivity contribution in [2.24, 2.45) is 0 Å². The second kappa shape index (κ2) is 9.33. The Hall–Kier alpha value is -2.46. The van der Waals surface area contributed by atoms with E-state index in [1.54, 1.807) is 0 Å². The molecule has 1 aliphatic carbocycles. The Kier molecular flexibility index (Phi) is 7.80. The molecule has 0 aliphatic heterocycles. The van der Waals surface area contributed by atoms with Crippen LogP contribution in [0.5, 0.6) is 0 Å². The number of carbonyl (C=O) groups is 1. The van der Waals surface area contributed by atoms with Crippen molar-refractivity contribution in [3.8, 4) is 6.07 Å². The highest BCUT2D eigenvalue weighted by Crippen LogP contribution is 2.62. The summed E-state index contributed by atoms with van der Waals surface area (Å²) in [5.41, 5.74) is -0.456. The van der Waals surface area contributed by atoms with Crippen molar-refractivity contribution in [1.82, 2.24) is 0 Å². The van der Waals surface area contributed by atoms with Crippen LogP contribution in [0.25, 0.3) is 0 Å². The number of amides is 1. The zero-order chi connectivity index (χ0) is 29.9. The highest BCUT2D eigenvalue weighted by Gasteiger charge is 2.94. The van der Waals surface area contributed by atoms with Crippen LogP contribution >= 0.6 is 11.3 Å². The summed E-state index contributed by atoms with van der Waals surface area (Å²) >= 11 is 0.326. The predicted octanol–water partition coefficient (Wildman–Crippen LogP) is 7.15. The van der Waals surface area contributed by atoms with E-state index in [1.165, 1.54) is 6.07 Å². The van der Waals surface area contributed by atoms with Crippen LogP contribution in [0.15, 0.2) is 0 Å². The molecule has 0 radical (unpaired) electrons. The van der Waals surface area contributed by atoms with E-state index >= 15 is 0 Å². The fourth-order valence-electron chi connectivity index (χ4n) is 3.23. The molecule has 0 aromatic carbocycles. The molecule has 1 amide bonds. The van der Waals surface area contributed by atoms with Gasteiger partial charge >= 0.3 is 53.8 Å². The number of carbonyl (C=O) groups excluding carboxylic acids is 1. The second-order valence-electron chi connectivity index (χ2n) is 7.85. The molecule has 1 N–H and O–H groups in total. The number of nitriles is 1. The van der Waals surface area contributed by atoms with Crippen molar-refractivity contribution in [2.45, 2.75) is 73.6 Å². The fraction of sp³-hybridized carbons (Fsp3) is 0.667. The molecular formula is C18H10F16N2OS. The Morgan fingerprint density at radius 3 is 1.68 bits per heavy atom. The molecule has 0 spiro atoms. The molecule has 38 heavy (non-hydrogen) atoms. The van der Waals surface area contributed by atoms with E-state index in [1.807, 2.05) is 0 Å². The van der Waals surface area contributed by atoms with Gasteiger partial charge in [0.05, 0.1) is 5.56 Å². The third-order valence-corrected chi connectivity index (χ3v) is 6.67. The van der Waals surface area contributed by atoms with E-state index in [2.05, 4.69) is 0 Å². The van der Waals surface area contributed by atoms with E-state index in [-0.39, 0.29) is 23.3 Å². The van der Waals surface area contributed by atoms with E-state index in [9.17, 15) is 75.0 Å². The smallest absolute Gasteiger partial charge is 0.311 e. The molecule has 1 aliphatic rings. The molecule has 0 bridgehead atoms. The predicted molar refractivity (Wildman–Crippen MR) is 94.9 cm³/mol. The molecule has 0 atom stereocenters. The number of alkyl halides is 16. The fourth-order valence-corrected chi connectivity index (χ4v) is 4.47. The van der Waals surface area contributed by atoms with Crippen LogP contribution in [0, 0.1) is 11.3 Å². The summed E-state index contributed by atoms with van der Waals surface area (Å²) in [6.07, 6.45) is -4.72. The Balaban J connectivity index is 2.53. The molecular weight excluding hydrogens is 596 g/mol. The molecule has 0 fully saturated rings. The lowest BCUT2D eigenvalue weighted by molar-refractivity contribution is -0.443. The Bertz CT molecular complexity index is 1120. The average Bonchev–Trinajstić information content (AvgIpc) is 3.14. The molecule has 0 saturated carbocycles. The number of nitrogens with zero attached hydrogens (tertiary/aromatic N) is 1. The first kappa shape index (κ1) is 31.8. The lowest BCUT2D eigenvalue weighted by Gasteiger charge is -2.42. The maximum Gasteiger partial charge on any atom is 0.393 e. The SMILES string of the molecule is N#Cc1c(NC(=O)C(F)(F)C(F)(F)C(F)(F)C(F)(F)C(F)(F)C(F)(F)C(F)(F)C(F)F)sc2c1CCCC2. The van der Waals surface area contributed by atoms with Crippen molar-refractivity contribution in [2.75, 3.05) is 5.32 Å². The van der Waals surface area contributed by atoms with Crippen LogP contribution in [0.1, 0.15) is 28.8 Å². The van der Waals surface area contributed by atoms with Crippen molar-refractivity contribution >= 4 is 22.2 Å². The van der Waals surface area contributed by atoms with Crippen molar-refractivity contribution < 1.29 is 75.0 Å². The maximum absolute atomic E-state index is 14.1. The number of hydrogen-bond acceptors (Lipinski definition) is 3. The van der Waals surface area contributed by atoms with Crippen LogP contribution < -0.4 is 5.32 Å². The van der Waals surface area contributed by atoms with Gasteiger partial charge in [0, 0.05) is 4.88 Å². The summed E-state index contributed by atoms with van der Waals surface area (Å²) < 4.78 is 215. The van der Waals surface area contributed by atoms with Gasteiger partial charge in [0.1, 0.15) is 11.1 Å². The normalized spacial score (nSPS) is 16.3. The first-order valence-electron chi connectivity index (χ1n) is 9.66. The minimum atomic E-state index is -8.59. The van der Waals surface area contributed by atoms with Crippen molar-refractivity contribution in [3.05, 3.63) is 16.0 Å². The molecule has 1 aromatic heterocycles. The molecule has 1 heterocycles. The Morgan fingerprint density at radius 2 is 1.21 bits per heavy atom. The Morgan fingerprint density at radius 1 is 0.763 bits per heavy atom. The lowest BCUT2D eigenvalue weighted by Crippen LogP contribution is -2.74. The molecule has 216 valence electrons. The van der Waals surface area contributed by atoms with Gasteiger partial charge in [0.15, 0.2) is 0 Å². The second-order valence-corrected chi connectivity index (χ2v) is 8.96. The zero-order valence-corrected chi connectivity index (χ0v) is 18.5. The van der Waals surface area contributed by atoms with Crippen LogP contribution in [0.2, 0.25) is 0 Å². The van der Waals surface area contributed by atoms with Gasteiger partial charge in [0.25, 0.3) is 0 Å². The largest absolute Gasteiger partial charge is 0.393 e. The number of aryl methyl sites for hydroxylation is 1. The van der Waals surface area contributed by atoms with Gasteiger partial charge in [-0.15, -0.1) is 11.3 Å². The van der Waals surface area contributed by atoms with Crippen LogP contribution in [0.4, 0.5) is 75.2 Å². The molecule has 0 saturated heterocycles. The molecule has 1 aromatic rings. The standard InChI is InChI=1S/C18H10F16N2OS/c19-10(20)12(21,22)14(25,26)16(29,30)18(33,34)17(31,32)15(27,28)13(23,24)11(37)36-9-7(5-35)6-3-1-2-4-8(6)38-9/h10H,1-4H2,(H,36,37). The van der Waals surface area contributed by atoms with Crippen LogP contribution in [0.3, 0.4) is 0 Å². The molecule has 2 rings (SSSR count). The number of fused-ring (bicyclic) bond motifs is 1. The lowest BCUT2D eigenvalue weighted by atomic mass is 9.89. The van der Waals surface area contributed by atoms with E-state index in [0.717, 1.165) is 5.32 Å². The third-order valence-electron chi connectivity index (χ3n) is 5.46. The van der Waals surface area contributed by atoms with Gasteiger partial charge in [-0.05, 0) is 31.2 Å². The maximum atomic E-state index is 14.1. The summed E-state index contributed by atoms with van der Waals surface area (Å²) in [4.78, 5) is 12.0. The Labute approximate surface area is 204 Å². The van der Waals surface area contributed by atoms with Crippen molar-refractivity contribution in [1.29, 1.82) is 5.26 Å². The summed E-state index contributed by atoms with van der Waals surface area (Å²) in [5, 5.41) is 9.06. The summed E-state index contributed by atoms with van der Waals surface area (Å²) in [5.74, 6) is -60.1. The number of halogens is 16. The minimum Gasteiger partial charge on any atom is -0.311 e. The number of hydrogen-bond donors (Lipinski definition) is 1. The topological polar surface area (TPSA) is 52.9 Å². The number of thiophene rings is 1. The number of anilines is 1.